The highest BCUT2D eigenvalue weighted by molar-refractivity contribution is 5.91. The number of furan rings is 1. The summed E-state index contributed by atoms with van der Waals surface area (Å²) in [5.41, 5.74) is 1.79. The van der Waals surface area contributed by atoms with Gasteiger partial charge in [-0.25, -0.2) is 4.79 Å². The van der Waals surface area contributed by atoms with Crippen LogP contribution in [0.25, 0.3) is 11.0 Å². The summed E-state index contributed by atoms with van der Waals surface area (Å²) >= 11 is 0. The number of aromatic carboxylic acids is 1. The van der Waals surface area contributed by atoms with Gasteiger partial charge in [-0.1, -0.05) is 25.8 Å². The summed E-state index contributed by atoms with van der Waals surface area (Å²) in [5, 5.41) is 13.4. The van der Waals surface area contributed by atoms with Crippen molar-refractivity contribution < 1.29 is 14.3 Å². The van der Waals surface area contributed by atoms with Gasteiger partial charge >= 0.3 is 5.97 Å². The van der Waals surface area contributed by atoms with Crippen LogP contribution in [0.4, 0.5) is 0 Å². The largest absolute Gasteiger partial charge is 0.475 e. The Morgan fingerprint density at radius 1 is 1.43 bits per heavy atom. The Bertz CT molecular complexity index is 643. The molecule has 0 spiro atoms. The monoisotopic (exact) mass is 287 g/mol. The fourth-order valence-corrected chi connectivity index (χ4v) is 2.72. The number of benzene rings is 1. The van der Waals surface area contributed by atoms with Crippen molar-refractivity contribution in [2.24, 2.45) is 5.92 Å². The van der Waals surface area contributed by atoms with E-state index in [9.17, 15) is 4.79 Å². The molecule has 1 aliphatic rings. The van der Waals surface area contributed by atoms with E-state index in [4.69, 9.17) is 9.52 Å². The summed E-state index contributed by atoms with van der Waals surface area (Å²) in [6.07, 6.45) is 5.19. The molecule has 1 heterocycles. The Balaban J connectivity index is 1.67. The highest BCUT2D eigenvalue weighted by Crippen LogP contribution is 2.34. The van der Waals surface area contributed by atoms with E-state index in [0.717, 1.165) is 29.8 Å². The molecule has 21 heavy (non-hydrogen) atoms. The van der Waals surface area contributed by atoms with Crippen LogP contribution in [-0.4, -0.2) is 17.1 Å². The zero-order chi connectivity index (χ0) is 14.8. The molecule has 1 atom stereocenters. The summed E-state index contributed by atoms with van der Waals surface area (Å²) in [5.74, 6) is -0.103. The predicted octanol–water partition coefficient (Wildman–Crippen LogP) is 3.80. The first-order chi connectivity index (χ1) is 10.2. The number of rotatable bonds is 7. The fraction of sp³-hybridized carbons (Fsp3) is 0.471. The van der Waals surface area contributed by atoms with Crippen LogP contribution in [-0.2, 0) is 6.54 Å². The van der Waals surface area contributed by atoms with Crippen molar-refractivity contribution >= 4 is 16.9 Å². The van der Waals surface area contributed by atoms with Gasteiger partial charge in [0, 0.05) is 18.0 Å². The standard InChI is InChI=1S/C17H21NO3/c1-2-14(8-11-3-4-11)18-10-12-5-6-15-13(7-12)9-16(21-15)17(19)20/h5-7,9,11,14,18H,2-4,8,10H2,1H3,(H,19,20). The summed E-state index contributed by atoms with van der Waals surface area (Å²) in [7, 11) is 0. The second-order valence-electron chi connectivity index (χ2n) is 5.95. The normalized spacial score (nSPS) is 16.2. The van der Waals surface area contributed by atoms with Crippen molar-refractivity contribution in [1.82, 2.24) is 5.32 Å². The predicted molar refractivity (Wildman–Crippen MR) is 81.4 cm³/mol. The van der Waals surface area contributed by atoms with Gasteiger partial charge < -0.3 is 14.8 Å². The van der Waals surface area contributed by atoms with E-state index in [1.54, 1.807) is 6.07 Å². The zero-order valence-electron chi connectivity index (χ0n) is 12.3. The number of carboxylic acids is 1. The Labute approximate surface area is 124 Å². The van der Waals surface area contributed by atoms with Gasteiger partial charge in [0.1, 0.15) is 5.58 Å². The SMILES string of the molecule is CCC(CC1CC1)NCc1ccc2oc(C(=O)O)cc2c1. The van der Waals surface area contributed by atoms with E-state index >= 15 is 0 Å². The van der Waals surface area contributed by atoms with E-state index < -0.39 is 5.97 Å². The number of hydrogen-bond acceptors (Lipinski definition) is 3. The second-order valence-corrected chi connectivity index (χ2v) is 5.95. The van der Waals surface area contributed by atoms with Crippen molar-refractivity contribution in [3.8, 4) is 0 Å². The van der Waals surface area contributed by atoms with E-state index in [2.05, 4.69) is 12.2 Å². The average Bonchev–Trinajstić information content (AvgIpc) is 3.18. The molecule has 1 fully saturated rings. The Hall–Kier alpha value is -1.81. The van der Waals surface area contributed by atoms with Crippen LogP contribution in [0.2, 0.25) is 0 Å². The first-order valence-electron chi connectivity index (χ1n) is 7.65. The van der Waals surface area contributed by atoms with E-state index in [1.165, 1.54) is 19.3 Å². The van der Waals surface area contributed by atoms with Crippen molar-refractivity contribution in [3.63, 3.8) is 0 Å². The van der Waals surface area contributed by atoms with Crippen LogP contribution in [0, 0.1) is 5.92 Å². The van der Waals surface area contributed by atoms with Crippen molar-refractivity contribution in [2.45, 2.75) is 45.2 Å². The average molecular weight is 287 g/mol. The molecular formula is C17H21NO3. The Kier molecular flexibility index (Phi) is 3.97. The molecule has 4 nitrogen and oxygen atoms in total. The minimum absolute atomic E-state index is 0.00437. The summed E-state index contributed by atoms with van der Waals surface area (Å²) in [6.45, 7) is 3.03. The molecule has 2 N–H and O–H groups in total. The Morgan fingerprint density at radius 3 is 2.90 bits per heavy atom. The molecule has 0 bridgehead atoms. The molecule has 112 valence electrons. The third kappa shape index (κ3) is 3.45. The van der Waals surface area contributed by atoms with E-state index in [1.807, 2.05) is 18.2 Å². The fourth-order valence-electron chi connectivity index (χ4n) is 2.72. The van der Waals surface area contributed by atoms with Crippen LogP contribution in [0.3, 0.4) is 0 Å². The van der Waals surface area contributed by atoms with Crippen LogP contribution in [0.5, 0.6) is 0 Å². The molecule has 1 aromatic carbocycles. The van der Waals surface area contributed by atoms with E-state index in [0.29, 0.717) is 11.6 Å². The Morgan fingerprint density at radius 2 is 2.24 bits per heavy atom. The van der Waals surface area contributed by atoms with Gasteiger partial charge in [0.05, 0.1) is 0 Å². The molecule has 1 aliphatic carbocycles. The van der Waals surface area contributed by atoms with Crippen molar-refractivity contribution in [3.05, 3.63) is 35.6 Å². The molecule has 4 heteroatoms. The number of carboxylic acid groups (broad SMARTS) is 1. The molecule has 0 aliphatic heterocycles. The van der Waals surface area contributed by atoms with Crippen LogP contribution in [0.1, 0.15) is 48.7 Å². The summed E-state index contributed by atoms with van der Waals surface area (Å²) in [4.78, 5) is 10.9. The summed E-state index contributed by atoms with van der Waals surface area (Å²) in [6, 6.07) is 8.01. The van der Waals surface area contributed by atoms with Crippen LogP contribution in [0.15, 0.2) is 28.7 Å². The van der Waals surface area contributed by atoms with E-state index in [-0.39, 0.29) is 5.76 Å². The minimum atomic E-state index is -1.03. The lowest BCUT2D eigenvalue weighted by molar-refractivity contribution is 0.0665. The highest BCUT2D eigenvalue weighted by Gasteiger charge is 2.24. The molecule has 1 unspecified atom stereocenters. The van der Waals surface area contributed by atoms with Gasteiger partial charge in [0.25, 0.3) is 0 Å². The number of hydrogen-bond donors (Lipinski definition) is 2. The number of fused-ring (bicyclic) bond motifs is 1. The molecule has 0 saturated heterocycles. The lowest BCUT2D eigenvalue weighted by Crippen LogP contribution is -2.28. The third-order valence-corrected chi connectivity index (χ3v) is 4.19. The minimum Gasteiger partial charge on any atom is -0.475 e. The summed E-state index contributed by atoms with van der Waals surface area (Å²) < 4.78 is 5.27. The lowest BCUT2D eigenvalue weighted by atomic mass is 10.1. The molecule has 0 amide bonds. The molecule has 1 saturated carbocycles. The van der Waals surface area contributed by atoms with Gasteiger partial charge in [-0.3, -0.25) is 0 Å². The smallest absolute Gasteiger partial charge is 0.371 e. The molecule has 2 aromatic rings. The third-order valence-electron chi connectivity index (χ3n) is 4.19. The van der Waals surface area contributed by atoms with Gasteiger partial charge in [-0.2, -0.15) is 0 Å². The quantitative estimate of drug-likeness (QED) is 0.813. The maximum Gasteiger partial charge on any atom is 0.371 e. The van der Waals surface area contributed by atoms with Crippen molar-refractivity contribution in [2.75, 3.05) is 0 Å². The first-order valence-corrected chi connectivity index (χ1v) is 7.65. The molecule has 1 aromatic heterocycles. The number of nitrogens with one attached hydrogen (secondary N) is 1. The van der Waals surface area contributed by atoms with Gasteiger partial charge in [-0.15, -0.1) is 0 Å². The second kappa shape index (κ2) is 5.90. The molecular weight excluding hydrogens is 266 g/mol. The molecule has 3 rings (SSSR count). The number of carbonyl (C=O) groups is 1. The zero-order valence-corrected chi connectivity index (χ0v) is 12.3. The van der Waals surface area contributed by atoms with Crippen molar-refractivity contribution in [1.29, 1.82) is 0 Å². The van der Waals surface area contributed by atoms with Gasteiger partial charge in [0.2, 0.25) is 5.76 Å². The highest BCUT2D eigenvalue weighted by atomic mass is 16.4. The lowest BCUT2D eigenvalue weighted by Gasteiger charge is -2.16. The van der Waals surface area contributed by atoms with Gasteiger partial charge in [-0.05, 0) is 42.5 Å². The van der Waals surface area contributed by atoms with Crippen LogP contribution >= 0.6 is 0 Å². The topological polar surface area (TPSA) is 62.5 Å². The maximum atomic E-state index is 10.9. The molecule has 0 radical (unpaired) electrons. The first kappa shape index (κ1) is 14.1. The van der Waals surface area contributed by atoms with Crippen LogP contribution < -0.4 is 5.32 Å². The van der Waals surface area contributed by atoms with Gasteiger partial charge in [0.15, 0.2) is 0 Å². The maximum absolute atomic E-state index is 10.9.